The lowest BCUT2D eigenvalue weighted by Gasteiger charge is -2.17. The molecule has 3 heterocycles. The quantitative estimate of drug-likeness (QED) is 0.728. The minimum atomic E-state index is -1.46. The number of ether oxygens (including phenoxy) is 2. The number of methoxy groups -OCH3 is 1. The van der Waals surface area contributed by atoms with Crippen molar-refractivity contribution in [1.29, 1.82) is 0 Å². The number of benzene rings is 1. The molecule has 0 radical (unpaired) electrons. The number of nitrogens with zero attached hydrogens (tertiary/aromatic N) is 4. The summed E-state index contributed by atoms with van der Waals surface area (Å²) in [5, 5.41) is 10.3. The Labute approximate surface area is 153 Å². The summed E-state index contributed by atoms with van der Waals surface area (Å²) in [5.41, 5.74) is 1.15. The molecule has 0 bridgehead atoms. The van der Waals surface area contributed by atoms with Gasteiger partial charge in [-0.25, -0.2) is 14.4 Å². The number of carbonyl (C=O) groups excluding carboxylic acids is 1. The zero-order chi connectivity index (χ0) is 19.0. The molecule has 3 aromatic rings. The van der Waals surface area contributed by atoms with Crippen molar-refractivity contribution in [2.45, 2.75) is 31.0 Å². The molecule has 1 aliphatic heterocycles. The number of ketones is 1. The minimum Gasteiger partial charge on any atom is -0.479 e. The number of hydrogen-bond acceptors (Lipinski definition) is 7. The highest BCUT2D eigenvalue weighted by molar-refractivity contribution is 5.88. The van der Waals surface area contributed by atoms with E-state index in [0.717, 1.165) is 0 Å². The summed E-state index contributed by atoms with van der Waals surface area (Å²) in [4.78, 5) is 24.8. The van der Waals surface area contributed by atoms with E-state index in [9.17, 15) is 14.3 Å². The van der Waals surface area contributed by atoms with Gasteiger partial charge in [-0.15, -0.1) is 0 Å². The van der Waals surface area contributed by atoms with E-state index in [4.69, 9.17) is 9.47 Å². The van der Waals surface area contributed by atoms with Crippen molar-refractivity contribution in [2.75, 3.05) is 7.11 Å². The first-order chi connectivity index (χ1) is 13.1. The molecular formula is C18H17FN4O4. The number of aromatic nitrogens is 4. The second-order valence-corrected chi connectivity index (χ2v) is 6.19. The van der Waals surface area contributed by atoms with Gasteiger partial charge in [0.25, 0.3) is 0 Å². The number of fused-ring (bicyclic) bond motifs is 1. The van der Waals surface area contributed by atoms with Crippen molar-refractivity contribution < 1.29 is 23.8 Å². The van der Waals surface area contributed by atoms with Crippen LogP contribution in [-0.4, -0.2) is 49.8 Å². The fraction of sp³-hybridized carbons (Fsp3) is 0.333. The molecule has 0 aliphatic carbocycles. The first-order valence-corrected chi connectivity index (χ1v) is 8.38. The third-order valence-corrected chi connectivity index (χ3v) is 4.55. The molecular weight excluding hydrogens is 355 g/mol. The lowest BCUT2D eigenvalue weighted by atomic mass is 10.0. The van der Waals surface area contributed by atoms with Gasteiger partial charge in [-0.3, -0.25) is 9.36 Å². The number of aliphatic hydroxyl groups is 1. The number of carbonyl (C=O) groups is 1. The van der Waals surface area contributed by atoms with E-state index >= 15 is 0 Å². The van der Waals surface area contributed by atoms with Crippen LogP contribution in [0.4, 0.5) is 4.39 Å². The zero-order valence-electron chi connectivity index (χ0n) is 14.4. The Morgan fingerprint density at radius 3 is 2.85 bits per heavy atom. The average molecular weight is 372 g/mol. The highest BCUT2D eigenvalue weighted by Crippen LogP contribution is 2.36. The van der Waals surface area contributed by atoms with Crippen molar-refractivity contribution in [2.24, 2.45) is 0 Å². The SMILES string of the molecule is COc1ncnc2c1ncn2[C@@H]1O[C@H](C(=O)C(O)c2ccccc2)C[C@H]1F. The first kappa shape index (κ1) is 17.5. The van der Waals surface area contributed by atoms with E-state index in [1.165, 1.54) is 24.3 Å². The maximum absolute atomic E-state index is 14.7. The normalized spacial score (nSPS) is 23.4. The molecule has 0 spiro atoms. The Bertz CT molecular complexity index is 964. The molecule has 0 saturated carbocycles. The van der Waals surface area contributed by atoms with Crippen LogP contribution in [-0.2, 0) is 9.53 Å². The minimum absolute atomic E-state index is 0.157. The van der Waals surface area contributed by atoms with Gasteiger partial charge in [-0.1, -0.05) is 30.3 Å². The van der Waals surface area contributed by atoms with Crippen LogP contribution in [0.2, 0.25) is 0 Å². The van der Waals surface area contributed by atoms with Crippen LogP contribution < -0.4 is 4.74 Å². The largest absolute Gasteiger partial charge is 0.479 e. The third kappa shape index (κ3) is 3.04. The molecule has 1 aliphatic rings. The maximum atomic E-state index is 14.7. The van der Waals surface area contributed by atoms with Crippen LogP contribution in [0, 0.1) is 0 Å². The van der Waals surface area contributed by atoms with Crippen LogP contribution in [0.25, 0.3) is 11.2 Å². The molecule has 1 fully saturated rings. The molecule has 9 heteroatoms. The Balaban J connectivity index is 1.58. The maximum Gasteiger partial charge on any atom is 0.245 e. The molecule has 1 aromatic carbocycles. The number of halogens is 1. The summed E-state index contributed by atoms with van der Waals surface area (Å²) in [6.07, 6.45) is -2.48. The topological polar surface area (TPSA) is 99.4 Å². The van der Waals surface area contributed by atoms with Crippen molar-refractivity contribution in [3.63, 3.8) is 0 Å². The van der Waals surface area contributed by atoms with Crippen LogP contribution in [0.15, 0.2) is 43.0 Å². The summed E-state index contributed by atoms with van der Waals surface area (Å²) in [5.74, 6) is -0.317. The summed E-state index contributed by atoms with van der Waals surface area (Å²) >= 11 is 0. The predicted molar refractivity (Wildman–Crippen MR) is 91.7 cm³/mol. The van der Waals surface area contributed by atoms with Crippen LogP contribution >= 0.6 is 0 Å². The molecule has 1 N–H and O–H groups in total. The van der Waals surface area contributed by atoms with Crippen LogP contribution in [0.5, 0.6) is 5.88 Å². The van der Waals surface area contributed by atoms with Gasteiger partial charge < -0.3 is 14.6 Å². The summed E-state index contributed by atoms with van der Waals surface area (Å²) in [6, 6.07) is 8.48. The Kier molecular flexibility index (Phi) is 4.54. The van der Waals surface area contributed by atoms with E-state index in [0.29, 0.717) is 16.7 Å². The summed E-state index contributed by atoms with van der Waals surface area (Å²) < 4.78 is 26.8. The van der Waals surface area contributed by atoms with Crippen LogP contribution in [0.3, 0.4) is 0 Å². The van der Waals surface area contributed by atoms with Crippen molar-refractivity contribution >= 4 is 16.9 Å². The van der Waals surface area contributed by atoms with Gasteiger partial charge in [0.05, 0.1) is 13.4 Å². The van der Waals surface area contributed by atoms with E-state index in [1.54, 1.807) is 30.3 Å². The van der Waals surface area contributed by atoms with Gasteiger partial charge in [0, 0.05) is 6.42 Å². The van der Waals surface area contributed by atoms with E-state index in [2.05, 4.69) is 15.0 Å². The molecule has 1 saturated heterocycles. The number of Topliss-reactive ketones (excluding diaryl/α,β-unsaturated/α-hetero) is 1. The molecule has 4 rings (SSSR count). The molecule has 1 unspecified atom stereocenters. The van der Waals surface area contributed by atoms with Gasteiger partial charge in [-0.2, -0.15) is 4.98 Å². The number of imidazole rings is 1. The van der Waals surface area contributed by atoms with Crippen LogP contribution in [0.1, 0.15) is 24.3 Å². The smallest absolute Gasteiger partial charge is 0.245 e. The fourth-order valence-electron chi connectivity index (χ4n) is 3.19. The van der Waals surface area contributed by atoms with E-state index < -0.39 is 30.4 Å². The predicted octanol–water partition coefficient (Wildman–Crippen LogP) is 1.76. The monoisotopic (exact) mass is 372 g/mol. The van der Waals surface area contributed by atoms with Gasteiger partial charge in [0.1, 0.15) is 24.7 Å². The first-order valence-electron chi connectivity index (χ1n) is 8.38. The molecule has 0 amide bonds. The molecule has 8 nitrogen and oxygen atoms in total. The summed E-state index contributed by atoms with van der Waals surface area (Å²) in [7, 11) is 1.45. The average Bonchev–Trinajstić information content (AvgIpc) is 3.30. The highest BCUT2D eigenvalue weighted by Gasteiger charge is 2.43. The molecule has 140 valence electrons. The van der Waals surface area contributed by atoms with Gasteiger partial charge in [-0.05, 0) is 5.56 Å². The van der Waals surface area contributed by atoms with Gasteiger partial charge >= 0.3 is 0 Å². The van der Waals surface area contributed by atoms with E-state index in [1.807, 2.05) is 0 Å². The second-order valence-electron chi connectivity index (χ2n) is 6.19. The molecule has 4 atom stereocenters. The zero-order valence-corrected chi connectivity index (χ0v) is 14.4. The number of aliphatic hydroxyl groups excluding tert-OH is 1. The Morgan fingerprint density at radius 2 is 2.11 bits per heavy atom. The molecule has 2 aromatic heterocycles. The highest BCUT2D eigenvalue weighted by atomic mass is 19.1. The number of hydrogen-bond donors (Lipinski definition) is 1. The van der Waals surface area contributed by atoms with Crippen molar-refractivity contribution in [3.05, 3.63) is 48.5 Å². The molecule has 27 heavy (non-hydrogen) atoms. The standard InChI is InChI=1S/C18H17FN4O4/c1-26-17-13-16(20-8-21-17)23(9-22-13)18-11(19)7-12(27-18)15(25)14(24)10-5-3-2-4-6-10/h2-6,8-9,11-12,14,18,24H,7H2,1H3/t11-,12+,14?,18-/m1/s1. The van der Waals surface area contributed by atoms with Crippen molar-refractivity contribution in [1.82, 2.24) is 19.5 Å². The van der Waals surface area contributed by atoms with Gasteiger partial charge in [0.15, 0.2) is 23.2 Å². The Morgan fingerprint density at radius 1 is 1.33 bits per heavy atom. The Hall–Kier alpha value is -2.91. The number of rotatable bonds is 5. The fourth-order valence-corrected chi connectivity index (χ4v) is 3.19. The van der Waals surface area contributed by atoms with Crippen molar-refractivity contribution in [3.8, 4) is 5.88 Å². The second kappa shape index (κ2) is 7.01. The lowest BCUT2D eigenvalue weighted by molar-refractivity contribution is -0.140. The third-order valence-electron chi connectivity index (χ3n) is 4.55. The number of alkyl halides is 1. The van der Waals surface area contributed by atoms with Gasteiger partial charge in [0.2, 0.25) is 5.88 Å². The lowest BCUT2D eigenvalue weighted by Crippen LogP contribution is -2.27. The summed E-state index contributed by atoms with van der Waals surface area (Å²) in [6.45, 7) is 0. The van der Waals surface area contributed by atoms with E-state index in [-0.39, 0.29) is 12.3 Å².